The van der Waals surface area contributed by atoms with Crippen LogP contribution in [0.2, 0.25) is 5.02 Å². The predicted octanol–water partition coefficient (Wildman–Crippen LogP) is 4.22. The van der Waals surface area contributed by atoms with Crippen LogP contribution in [0.3, 0.4) is 0 Å². The van der Waals surface area contributed by atoms with Crippen LogP contribution in [0, 0.1) is 5.82 Å². The zero-order valence-corrected chi connectivity index (χ0v) is 17.7. The lowest BCUT2D eigenvalue weighted by atomic mass is 10.2. The van der Waals surface area contributed by atoms with E-state index in [2.05, 4.69) is 17.0 Å². The van der Waals surface area contributed by atoms with Crippen molar-refractivity contribution in [3.05, 3.63) is 58.9 Å². The SMILES string of the molecule is CCCCOCCCNC(=O)c1ccc(Cl)c(NS(=O)(=O)c2ccc(F)cc2)c1. The van der Waals surface area contributed by atoms with Gasteiger partial charge in [0.15, 0.2) is 0 Å². The van der Waals surface area contributed by atoms with E-state index in [0.29, 0.717) is 26.2 Å². The maximum atomic E-state index is 13.0. The molecule has 158 valence electrons. The molecule has 1 amide bonds. The number of benzene rings is 2. The summed E-state index contributed by atoms with van der Waals surface area (Å²) in [5.41, 5.74) is 0.324. The lowest BCUT2D eigenvalue weighted by Crippen LogP contribution is -2.25. The topological polar surface area (TPSA) is 84.5 Å². The van der Waals surface area contributed by atoms with Crippen LogP contribution in [0.4, 0.5) is 10.1 Å². The Bertz CT molecular complexity index is 921. The molecular formula is C20H24ClFN2O4S. The van der Waals surface area contributed by atoms with Gasteiger partial charge in [-0.05, 0) is 55.3 Å². The summed E-state index contributed by atoms with van der Waals surface area (Å²) >= 11 is 6.07. The smallest absolute Gasteiger partial charge is 0.261 e. The number of halogens is 2. The monoisotopic (exact) mass is 442 g/mol. The summed E-state index contributed by atoms with van der Waals surface area (Å²) in [5, 5.41) is 2.89. The van der Waals surface area contributed by atoms with E-state index in [9.17, 15) is 17.6 Å². The molecule has 0 spiro atoms. The minimum atomic E-state index is -3.98. The number of hydrogen-bond acceptors (Lipinski definition) is 4. The first-order chi connectivity index (χ1) is 13.8. The predicted molar refractivity (Wildman–Crippen MR) is 111 cm³/mol. The second kappa shape index (κ2) is 11.1. The number of sulfonamides is 1. The molecule has 0 fully saturated rings. The summed E-state index contributed by atoms with van der Waals surface area (Å²) in [6.45, 7) is 3.79. The van der Waals surface area contributed by atoms with E-state index >= 15 is 0 Å². The van der Waals surface area contributed by atoms with Crippen LogP contribution in [0.5, 0.6) is 0 Å². The number of ether oxygens (including phenoxy) is 1. The Balaban J connectivity index is 1.98. The zero-order chi connectivity index (χ0) is 21.3. The van der Waals surface area contributed by atoms with Gasteiger partial charge in [-0.25, -0.2) is 12.8 Å². The third kappa shape index (κ3) is 7.30. The molecule has 0 aromatic heterocycles. The van der Waals surface area contributed by atoms with Crippen molar-refractivity contribution in [2.45, 2.75) is 31.1 Å². The molecule has 2 N–H and O–H groups in total. The lowest BCUT2D eigenvalue weighted by Gasteiger charge is -2.12. The molecule has 9 heteroatoms. The number of rotatable bonds is 11. The first kappa shape index (κ1) is 23.1. The standard InChI is InChI=1S/C20H24ClFN2O4S/c1-2-3-12-28-13-4-11-23-20(25)15-5-10-18(21)19(14-15)24-29(26,27)17-8-6-16(22)7-9-17/h5-10,14,24H,2-4,11-13H2,1H3,(H,23,25). The molecule has 0 heterocycles. The summed E-state index contributed by atoms with van der Waals surface area (Å²) in [4.78, 5) is 12.2. The van der Waals surface area contributed by atoms with Crippen molar-refractivity contribution in [3.63, 3.8) is 0 Å². The van der Waals surface area contributed by atoms with Crippen molar-refractivity contribution in [2.24, 2.45) is 0 Å². The van der Waals surface area contributed by atoms with Gasteiger partial charge in [0.25, 0.3) is 15.9 Å². The van der Waals surface area contributed by atoms with Gasteiger partial charge in [0.05, 0.1) is 15.6 Å². The van der Waals surface area contributed by atoms with E-state index in [0.717, 1.165) is 37.1 Å². The van der Waals surface area contributed by atoms with Gasteiger partial charge in [0.2, 0.25) is 0 Å². The maximum Gasteiger partial charge on any atom is 0.261 e. The fraction of sp³-hybridized carbons (Fsp3) is 0.350. The molecule has 0 aliphatic heterocycles. The second-order valence-electron chi connectivity index (χ2n) is 6.33. The fourth-order valence-corrected chi connectivity index (χ4v) is 3.68. The summed E-state index contributed by atoms with van der Waals surface area (Å²) < 4.78 is 45.7. The van der Waals surface area contributed by atoms with Crippen LogP contribution in [-0.2, 0) is 14.8 Å². The highest BCUT2D eigenvalue weighted by molar-refractivity contribution is 7.92. The fourth-order valence-electron chi connectivity index (χ4n) is 2.39. The molecule has 2 aromatic carbocycles. The Morgan fingerprint density at radius 3 is 2.48 bits per heavy atom. The Kier molecular flexibility index (Phi) is 8.88. The molecule has 0 saturated carbocycles. The van der Waals surface area contributed by atoms with Gasteiger partial charge in [-0.1, -0.05) is 24.9 Å². The van der Waals surface area contributed by atoms with Gasteiger partial charge in [-0.3, -0.25) is 9.52 Å². The Hall–Kier alpha value is -2.16. The van der Waals surface area contributed by atoms with Crippen LogP contribution in [0.1, 0.15) is 36.5 Å². The summed E-state index contributed by atoms with van der Waals surface area (Å²) in [6, 6.07) is 8.68. The molecule has 0 atom stereocenters. The number of anilines is 1. The van der Waals surface area contributed by atoms with Crippen molar-refractivity contribution in [2.75, 3.05) is 24.5 Å². The van der Waals surface area contributed by atoms with E-state index < -0.39 is 15.8 Å². The highest BCUT2D eigenvalue weighted by Crippen LogP contribution is 2.26. The average Bonchev–Trinajstić information content (AvgIpc) is 2.69. The van der Waals surface area contributed by atoms with Gasteiger partial charge < -0.3 is 10.1 Å². The second-order valence-corrected chi connectivity index (χ2v) is 8.42. The number of hydrogen-bond donors (Lipinski definition) is 2. The number of unbranched alkanes of at least 4 members (excludes halogenated alkanes) is 1. The van der Waals surface area contributed by atoms with Gasteiger partial charge in [-0.2, -0.15) is 0 Å². The molecule has 2 aromatic rings. The molecule has 0 bridgehead atoms. The van der Waals surface area contributed by atoms with Crippen LogP contribution >= 0.6 is 11.6 Å². The molecule has 2 rings (SSSR count). The molecule has 6 nitrogen and oxygen atoms in total. The van der Waals surface area contributed by atoms with Gasteiger partial charge >= 0.3 is 0 Å². The zero-order valence-electron chi connectivity index (χ0n) is 16.1. The summed E-state index contributed by atoms with van der Waals surface area (Å²) in [6.07, 6.45) is 2.75. The Morgan fingerprint density at radius 1 is 1.10 bits per heavy atom. The summed E-state index contributed by atoms with van der Waals surface area (Å²) in [7, 11) is -3.98. The molecule has 0 saturated heterocycles. The summed E-state index contributed by atoms with van der Waals surface area (Å²) in [5.74, 6) is -0.895. The highest BCUT2D eigenvalue weighted by atomic mass is 35.5. The molecule has 0 aliphatic carbocycles. The Labute approximate surface area is 175 Å². The Morgan fingerprint density at radius 2 is 1.79 bits per heavy atom. The van der Waals surface area contributed by atoms with Crippen molar-refractivity contribution < 1.29 is 22.3 Å². The quantitative estimate of drug-likeness (QED) is 0.510. The van der Waals surface area contributed by atoms with E-state index in [1.165, 1.54) is 18.2 Å². The van der Waals surface area contributed by atoms with Gasteiger partial charge in [-0.15, -0.1) is 0 Å². The highest BCUT2D eigenvalue weighted by Gasteiger charge is 2.17. The largest absolute Gasteiger partial charge is 0.381 e. The van der Waals surface area contributed by atoms with E-state index in [4.69, 9.17) is 16.3 Å². The minimum absolute atomic E-state index is 0.0616. The van der Waals surface area contributed by atoms with Crippen LogP contribution < -0.4 is 10.0 Å². The number of carbonyl (C=O) groups is 1. The first-order valence-corrected chi connectivity index (χ1v) is 11.1. The number of carbonyl (C=O) groups excluding carboxylic acids is 1. The van der Waals surface area contributed by atoms with Crippen molar-refractivity contribution in [1.29, 1.82) is 0 Å². The number of amides is 1. The third-order valence-electron chi connectivity index (χ3n) is 3.99. The average molecular weight is 443 g/mol. The minimum Gasteiger partial charge on any atom is -0.381 e. The number of nitrogens with one attached hydrogen (secondary N) is 2. The van der Waals surface area contributed by atoms with Crippen LogP contribution in [-0.4, -0.2) is 34.1 Å². The van der Waals surface area contributed by atoms with Crippen molar-refractivity contribution in [3.8, 4) is 0 Å². The maximum absolute atomic E-state index is 13.0. The van der Waals surface area contributed by atoms with Crippen molar-refractivity contribution in [1.82, 2.24) is 5.32 Å². The van der Waals surface area contributed by atoms with Gasteiger partial charge in [0.1, 0.15) is 5.82 Å². The molecule has 0 aliphatic rings. The normalized spacial score (nSPS) is 11.3. The van der Waals surface area contributed by atoms with Gasteiger partial charge in [0, 0.05) is 25.3 Å². The molecule has 0 radical (unpaired) electrons. The molecule has 29 heavy (non-hydrogen) atoms. The van der Waals surface area contributed by atoms with Crippen LogP contribution in [0.15, 0.2) is 47.4 Å². The van der Waals surface area contributed by atoms with Crippen molar-refractivity contribution >= 4 is 33.2 Å². The van der Waals surface area contributed by atoms with Crippen LogP contribution in [0.25, 0.3) is 0 Å². The first-order valence-electron chi connectivity index (χ1n) is 9.27. The van der Waals surface area contributed by atoms with E-state index in [1.54, 1.807) is 0 Å². The van der Waals surface area contributed by atoms with E-state index in [1.807, 2.05) is 0 Å². The van der Waals surface area contributed by atoms with E-state index in [-0.39, 0.29) is 27.1 Å². The lowest BCUT2D eigenvalue weighted by molar-refractivity contribution is 0.0940. The molecule has 0 unspecified atom stereocenters. The third-order valence-corrected chi connectivity index (χ3v) is 5.70. The molecular weight excluding hydrogens is 419 g/mol.